The summed E-state index contributed by atoms with van der Waals surface area (Å²) in [5, 5.41) is 8.47. The Morgan fingerprint density at radius 2 is 1.88 bits per heavy atom. The summed E-state index contributed by atoms with van der Waals surface area (Å²) in [7, 11) is 1.84. The number of benzene rings is 1. The van der Waals surface area contributed by atoms with E-state index in [4.69, 9.17) is 0 Å². The molecule has 0 spiro atoms. The van der Waals surface area contributed by atoms with Crippen LogP contribution in [0.15, 0.2) is 67.3 Å². The smallest absolute Gasteiger partial charge is 0.256 e. The Morgan fingerprint density at radius 3 is 2.73 bits per heavy atom. The molecule has 0 fully saturated rings. The lowest BCUT2D eigenvalue weighted by Crippen LogP contribution is -2.26. The quantitative estimate of drug-likeness (QED) is 0.545. The van der Waals surface area contributed by atoms with Gasteiger partial charge in [0.05, 0.1) is 6.20 Å². The third-order valence-corrected chi connectivity index (χ3v) is 4.54. The van der Waals surface area contributed by atoms with Crippen LogP contribution in [0.2, 0.25) is 0 Å². The third kappa shape index (κ3) is 3.01. The number of carbonyl (C=O) groups excluding carboxylic acids is 1. The molecule has 0 saturated heterocycles. The molecule has 6 nitrogen and oxygen atoms in total. The maximum Gasteiger partial charge on any atom is 0.256 e. The first-order valence-corrected chi connectivity index (χ1v) is 8.71. The van der Waals surface area contributed by atoms with Crippen LogP contribution in [0.25, 0.3) is 16.7 Å². The van der Waals surface area contributed by atoms with Crippen LogP contribution in [-0.2, 0) is 13.6 Å². The fraction of sp³-hybridized carbons (Fsp3) is 0.200. The number of aromatic nitrogens is 4. The molecule has 1 amide bonds. The number of aryl methyl sites for hydroxylation is 2. The molecule has 0 aliphatic heterocycles. The summed E-state index contributed by atoms with van der Waals surface area (Å²) in [4.78, 5) is 12.6. The lowest BCUT2D eigenvalue weighted by molar-refractivity contribution is 0.0952. The normalized spacial score (nSPS) is 11.1. The van der Waals surface area contributed by atoms with Crippen LogP contribution in [0.3, 0.4) is 0 Å². The standard InChI is InChI=1S/C20H21N5O/c1-23-20(25-11-4-5-12-25)17(15-22-23)19(26)21-10-6-13-24-14-9-16-7-2-3-8-18(16)24/h2-5,7-9,11-12,14-15H,6,10,13H2,1H3,(H,21,26). The van der Waals surface area contributed by atoms with E-state index in [0.29, 0.717) is 12.1 Å². The Kier molecular flexibility index (Phi) is 4.31. The van der Waals surface area contributed by atoms with Crippen molar-refractivity contribution in [1.82, 2.24) is 24.2 Å². The van der Waals surface area contributed by atoms with Crippen LogP contribution in [-0.4, -0.2) is 31.4 Å². The number of para-hydroxylation sites is 1. The molecule has 3 aromatic heterocycles. The topological polar surface area (TPSA) is 56.8 Å². The lowest BCUT2D eigenvalue weighted by Gasteiger charge is -2.09. The molecular formula is C20H21N5O. The van der Waals surface area contributed by atoms with E-state index in [9.17, 15) is 4.79 Å². The summed E-state index contributed by atoms with van der Waals surface area (Å²) in [5.41, 5.74) is 1.80. The highest BCUT2D eigenvalue weighted by Gasteiger charge is 2.16. The number of nitrogens with zero attached hydrogens (tertiary/aromatic N) is 4. The molecule has 0 aliphatic carbocycles. The largest absolute Gasteiger partial charge is 0.352 e. The number of nitrogens with one attached hydrogen (secondary N) is 1. The fourth-order valence-electron chi connectivity index (χ4n) is 3.26. The summed E-state index contributed by atoms with van der Waals surface area (Å²) in [6.07, 6.45) is 8.39. The Labute approximate surface area is 151 Å². The van der Waals surface area contributed by atoms with Gasteiger partial charge in [0.2, 0.25) is 0 Å². The molecular weight excluding hydrogens is 326 g/mol. The molecule has 6 heteroatoms. The van der Waals surface area contributed by atoms with E-state index in [1.165, 1.54) is 10.9 Å². The van der Waals surface area contributed by atoms with E-state index < -0.39 is 0 Å². The predicted molar refractivity (Wildman–Crippen MR) is 101 cm³/mol. The van der Waals surface area contributed by atoms with E-state index in [1.54, 1.807) is 10.9 Å². The van der Waals surface area contributed by atoms with E-state index in [-0.39, 0.29) is 5.91 Å². The second-order valence-corrected chi connectivity index (χ2v) is 6.27. The van der Waals surface area contributed by atoms with E-state index >= 15 is 0 Å². The Balaban J connectivity index is 1.38. The minimum absolute atomic E-state index is 0.0980. The van der Waals surface area contributed by atoms with Gasteiger partial charge in [0.25, 0.3) is 5.91 Å². The van der Waals surface area contributed by atoms with Gasteiger partial charge in [-0.15, -0.1) is 0 Å². The van der Waals surface area contributed by atoms with Crippen molar-refractivity contribution in [2.75, 3.05) is 6.54 Å². The van der Waals surface area contributed by atoms with Crippen LogP contribution in [0.1, 0.15) is 16.8 Å². The van der Waals surface area contributed by atoms with Crippen LogP contribution in [0.5, 0.6) is 0 Å². The molecule has 1 aromatic carbocycles. The van der Waals surface area contributed by atoms with Crippen molar-refractivity contribution >= 4 is 16.8 Å². The molecule has 0 saturated carbocycles. The number of rotatable bonds is 6. The Bertz CT molecular complexity index is 1030. The van der Waals surface area contributed by atoms with Gasteiger partial charge in [-0.3, -0.25) is 9.48 Å². The van der Waals surface area contributed by atoms with Gasteiger partial charge in [-0.1, -0.05) is 18.2 Å². The van der Waals surface area contributed by atoms with Crippen molar-refractivity contribution in [3.63, 3.8) is 0 Å². The number of amides is 1. The van der Waals surface area contributed by atoms with Gasteiger partial charge in [0.1, 0.15) is 11.4 Å². The zero-order chi connectivity index (χ0) is 17.9. The summed E-state index contributed by atoms with van der Waals surface area (Å²) >= 11 is 0. The summed E-state index contributed by atoms with van der Waals surface area (Å²) < 4.78 is 5.82. The van der Waals surface area contributed by atoms with Gasteiger partial charge in [0.15, 0.2) is 0 Å². The highest BCUT2D eigenvalue weighted by molar-refractivity contribution is 5.97. The zero-order valence-electron chi connectivity index (χ0n) is 14.7. The van der Waals surface area contributed by atoms with Crippen LogP contribution >= 0.6 is 0 Å². The monoisotopic (exact) mass is 347 g/mol. The SMILES string of the molecule is Cn1ncc(C(=O)NCCCn2ccc3ccccc32)c1-n1cccc1. The van der Waals surface area contributed by atoms with Gasteiger partial charge in [-0.25, -0.2) is 0 Å². The number of fused-ring (bicyclic) bond motifs is 1. The minimum Gasteiger partial charge on any atom is -0.352 e. The highest BCUT2D eigenvalue weighted by Crippen LogP contribution is 2.16. The Hall–Kier alpha value is -3.28. The number of hydrogen-bond donors (Lipinski definition) is 1. The summed E-state index contributed by atoms with van der Waals surface area (Å²) in [5.74, 6) is 0.670. The first kappa shape index (κ1) is 16.2. The van der Waals surface area contributed by atoms with Crippen molar-refractivity contribution in [2.24, 2.45) is 7.05 Å². The van der Waals surface area contributed by atoms with Crippen molar-refractivity contribution in [1.29, 1.82) is 0 Å². The molecule has 0 unspecified atom stereocenters. The molecule has 4 aromatic rings. The average Bonchev–Trinajstić information content (AvgIpc) is 3.38. The van der Waals surface area contributed by atoms with Crippen molar-refractivity contribution in [2.45, 2.75) is 13.0 Å². The summed E-state index contributed by atoms with van der Waals surface area (Å²) in [6.45, 7) is 1.48. The van der Waals surface area contributed by atoms with E-state index in [0.717, 1.165) is 18.8 Å². The van der Waals surface area contributed by atoms with E-state index in [1.807, 2.05) is 48.3 Å². The summed E-state index contributed by atoms with van der Waals surface area (Å²) in [6, 6.07) is 14.3. The average molecular weight is 347 g/mol. The van der Waals surface area contributed by atoms with Gasteiger partial charge in [-0.05, 0) is 36.1 Å². The first-order valence-electron chi connectivity index (χ1n) is 8.71. The maximum absolute atomic E-state index is 12.6. The molecule has 132 valence electrons. The minimum atomic E-state index is -0.0980. The molecule has 3 heterocycles. The van der Waals surface area contributed by atoms with Crippen molar-refractivity contribution in [3.05, 3.63) is 72.8 Å². The predicted octanol–water partition coefficient (Wildman–Crippen LogP) is 2.99. The van der Waals surface area contributed by atoms with Crippen LogP contribution < -0.4 is 5.32 Å². The molecule has 1 N–H and O–H groups in total. The maximum atomic E-state index is 12.6. The first-order chi connectivity index (χ1) is 12.7. The molecule has 0 atom stereocenters. The highest BCUT2D eigenvalue weighted by atomic mass is 16.1. The Morgan fingerprint density at radius 1 is 1.08 bits per heavy atom. The lowest BCUT2D eigenvalue weighted by atomic mass is 10.2. The van der Waals surface area contributed by atoms with Crippen molar-refractivity contribution < 1.29 is 4.79 Å². The van der Waals surface area contributed by atoms with Gasteiger partial charge < -0.3 is 14.5 Å². The van der Waals surface area contributed by atoms with Crippen molar-refractivity contribution in [3.8, 4) is 5.82 Å². The van der Waals surface area contributed by atoms with Gasteiger partial charge in [-0.2, -0.15) is 5.10 Å². The number of hydrogen-bond acceptors (Lipinski definition) is 2. The zero-order valence-corrected chi connectivity index (χ0v) is 14.7. The van der Waals surface area contributed by atoms with Crippen LogP contribution in [0, 0.1) is 0 Å². The molecule has 0 aliphatic rings. The third-order valence-electron chi connectivity index (χ3n) is 4.54. The molecule has 0 radical (unpaired) electrons. The van der Waals surface area contributed by atoms with Crippen LogP contribution in [0.4, 0.5) is 0 Å². The second-order valence-electron chi connectivity index (χ2n) is 6.27. The van der Waals surface area contributed by atoms with Gasteiger partial charge in [0, 0.05) is 44.2 Å². The molecule has 26 heavy (non-hydrogen) atoms. The fourth-order valence-corrected chi connectivity index (χ4v) is 3.26. The molecule has 0 bridgehead atoms. The molecule has 4 rings (SSSR count). The number of carbonyl (C=O) groups is 1. The van der Waals surface area contributed by atoms with E-state index in [2.05, 4.69) is 39.4 Å². The second kappa shape index (κ2) is 6.92. The van der Waals surface area contributed by atoms with Gasteiger partial charge >= 0.3 is 0 Å².